The number of halogens is 1. The van der Waals surface area contributed by atoms with Gasteiger partial charge in [0.25, 0.3) is 11.7 Å². The van der Waals surface area contributed by atoms with Gasteiger partial charge >= 0.3 is 0 Å². The van der Waals surface area contributed by atoms with E-state index in [-0.39, 0.29) is 11.8 Å². The Kier molecular flexibility index (Phi) is 5.85. The Labute approximate surface area is 184 Å². The van der Waals surface area contributed by atoms with Crippen molar-refractivity contribution in [2.45, 2.75) is 26.7 Å². The molecule has 0 aliphatic carbocycles. The molecule has 0 aliphatic rings. The van der Waals surface area contributed by atoms with Gasteiger partial charge in [-0.3, -0.25) is 4.79 Å². The topological polar surface area (TPSA) is 102 Å². The number of nitrogens with zero attached hydrogens (tertiary/aromatic N) is 6. The maximum absolute atomic E-state index is 12.9. The number of carbonyl (C=O) groups excluding carboxylic acids is 1. The summed E-state index contributed by atoms with van der Waals surface area (Å²) < 4.78 is 3.39. The third-order valence-electron chi connectivity index (χ3n) is 4.75. The van der Waals surface area contributed by atoms with E-state index >= 15 is 0 Å². The average Bonchev–Trinajstić information content (AvgIpc) is 3.38. The Balaban J connectivity index is 1.44. The molecular weight excluding hydrogens is 416 g/mol. The fourth-order valence-corrected chi connectivity index (χ4v) is 3.60. The standard InChI is InChI=1S/C21H23ClN8O/c1-13(2)19-17(11-26-29(19)16-6-4-5-15(22)10-16)20(31)24-8-7-23-18-9-14(3)28-21-25-12-27-30(18)21/h4-6,9-13,23H,7-8H2,1-3H3,(H,24,31). The molecule has 3 heterocycles. The van der Waals surface area contributed by atoms with Crippen molar-refractivity contribution in [3.8, 4) is 5.69 Å². The summed E-state index contributed by atoms with van der Waals surface area (Å²) in [6, 6.07) is 9.30. The molecule has 1 aromatic carbocycles. The molecule has 0 fully saturated rings. The summed E-state index contributed by atoms with van der Waals surface area (Å²) in [5, 5.41) is 15.4. The Morgan fingerprint density at radius 3 is 2.81 bits per heavy atom. The second-order valence-corrected chi connectivity index (χ2v) is 7.86. The van der Waals surface area contributed by atoms with Crippen molar-refractivity contribution in [2.75, 3.05) is 18.4 Å². The van der Waals surface area contributed by atoms with Crippen molar-refractivity contribution < 1.29 is 4.79 Å². The van der Waals surface area contributed by atoms with Gasteiger partial charge in [-0.05, 0) is 31.0 Å². The van der Waals surface area contributed by atoms with Crippen molar-refractivity contribution in [1.29, 1.82) is 0 Å². The molecule has 0 spiro atoms. The first kappa shape index (κ1) is 20.8. The molecule has 0 saturated carbocycles. The van der Waals surface area contributed by atoms with Crippen molar-refractivity contribution in [3.05, 3.63) is 64.8 Å². The Morgan fingerprint density at radius 2 is 2.03 bits per heavy atom. The van der Waals surface area contributed by atoms with E-state index in [0.29, 0.717) is 29.5 Å². The number of fused-ring (bicyclic) bond motifs is 1. The highest BCUT2D eigenvalue weighted by Gasteiger charge is 2.20. The zero-order valence-electron chi connectivity index (χ0n) is 17.5. The molecule has 0 unspecified atom stereocenters. The van der Waals surface area contributed by atoms with Crippen molar-refractivity contribution in [3.63, 3.8) is 0 Å². The molecule has 0 saturated heterocycles. The molecule has 4 aromatic rings. The molecule has 9 nitrogen and oxygen atoms in total. The maximum Gasteiger partial charge on any atom is 0.254 e. The van der Waals surface area contributed by atoms with Crippen LogP contribution in [-0.2, 0) is 0 Å². The van der Waals surface area contributed by atoms with Crippen molar-refractivity contribution >= 4 is 29.1 Å². The minimum Gasteiger partial charge on any atom is -0.368 e. The number of benzene rings is 1. The van der Waals surface area contributed by atoms with E-state index in [9.17, 15) is 4.79 Å². The Morgan fingerprint density at radius 1 is 1.19 bits per heavy atom. The molecule has 0 aliphatic heterocycles. The highest BCUT2D eigenvalue weighted by molar-refractivity contribution is 6.30. The van der Waals surface area contributed by atoms with Crippen LogP contribution >= 0.6 is 11.6 Å². The van der Waals surface area contributed by atoms with Crippen LogP contribution in [0, 0.1) is 6.92 Å². The summed E-state index contributed by atoms with van der Waals surface area (Å²) in [5.41, 5.74) is 3.04. The number of nitrogens with one attached hydrogen (secondary N) is 2. The van der Waals surface area contributed by atoms with Crippen LogP contribution in [0.15, 0.2) is 42.9 Å². The number of rotatable bonds is 7. The van der Waals surface area contributed by atoms with Gasteiger partial charge in [-0.25, -0.2) is 9.67 Å². The minimum absolute atomic E-state index is 0.0979. The van der Waals surface area contributed by atoms with Gasteiger partial charge in [0, 0.05) is 29.9 Å². The maximum atomic E-state index is 12.9. The molecule has 3 aromatic heterocycles. The van der Waals surface area contributed by atoms with Crippen LogP contribution in [0.1, 0.15) is 41.5 Å². The minimum atomic E-state index is -0.171. The first-order valence-electron chi connectivity index (χ1n) is 9.97. The second-order valence-electron chi connectivity index (χ2n) is 7.43. The van der Waals surface area contributed by atoms with Gasteiger partial charge in [0.2, 0.25) is 0 Å². The fourth-order valence-electron chi connectivity index (χ4n) is 3.42. The predicted octanol–water partition coefficient (Wildman–Crippen LogP) is 3.24. The van der Waals surface area contributed by atoms with E-state index in [1.54, 1.807) is 15.4 Å². The van der Waals surface area contributed by atoms with Gasteiger partial charge in [0.15, 0.2) is 0 Å². The highest BCUT2D eigenvalue weighted by atomic mass is 35.5. The van der Waals surface area contributed by atoms with Crippen molar-refractivity contribution in [1.82, 2.24) is 34.7 Å². The number of amides is 1. The Bertz CT molecular complexity index is 1230. The van der Waals surface area contributed by atoms with E-state index in [0.717, 1.165) is 22.9 Å². The van der Waals surface area contributed by atoms with Crippen LogP contribution < -0.4 is 10.6 Å². The third kappa shape index (κ3) is 4.36. The van der Waals surface area contributed by atoms with Gasteiger partial charge in [0.05, 0.1) is 23.1 Å². The van der Waals surface area contributed by atoms with Gasteiger partial charge in [-0.15, -0.1) is 0 Å². The largest absolute Gasteiger partial charge is 0.368 e. The van der Waals surface area contributed by atoms with Crippen LogP contribution in [-0.4, -0.2) is 48.4 Å². The quantitative estimate of drug-likeness (QED) is 0.429. The van der Waals surface area contributed by atoms with E-state index in [1.807, 2.05) is 51.1 Å². The third-order valence-corrected chi connectivity index (χ3v) is 4.98. The normalized spacial score (nSPS) is 11.3. The van der Waals surface area contributed by atoms with E-state index in [2.05, 4.69) is 30.8 Å². The molecule has 160 valence electrons. The van der Waals surface area contributed by atoms with Gasteiger partial charge < -0.3 is 10.6 Å². The molecule has 31 heavy (non-hydrogen) atoms. The number of hydrogen-bond donors (Lipinski definition) is 2. The summed E-state index contributed by atoms with van der Waals surface area (Å²) in [4.78, 5) is 21.3. The number of aryl methyl sites for hydroxylation is 1. The van der Waals surface area contributed by atoms with Crippen LogP contribution in [0.4, 0.5) is 5.82 Å². The van der Waals surface area contributed by atoms with E-state index in [1.165, 1.54) is 6.33 Å². The second kappa shape index (κ2) is 8.73. The van der Waals surface area contributed by atoms with Crippen molar-refractivity contribution in [2.24, 2.45) is 0 Å². The smallest absolute Gasteiger partial charge is 0.254 e. The molecule has 0 bridgehead atoms. The van der Waals surface area contributed by atoms with E-state index in [4.69, 9.17) is 11.6 Å². The summed E-state index contributed by atoms with van der Waals surface area (Å²) in [6.07, 6.45) is 3.06. The summed E-state index contributed by atoms with van der Waals surface area (Å²) in [5.74, 6) is 1.23. The molecule has 0 radical (unpaired) electrons. The first-order valence-corrected chi connectivity index (χ1v) is 10.3. The molecule has 1 amide bonds. The number of carbonyl (C=O) groups is 1. The van der Waals surface area contributed by atoms with Gasteiger partial charge in [0.1, 0.15) is 12.1 Å². The molecule has 2 N–H and O–H groups in total. The molecule has 0 atom stereocenters. The van der Waals surface area contributed by atoms with Crippen LogP contribution in [0.5, 0.6) is 0 Å². The highest BCUT2D eigenvalue weighted by Crippen LogP contribution is 2.24. The summed E-state index contributed by atoms with van der Waals surface area (Å²) in [7, 11) is 0. The first-order chi connectivity index (χ1) is 14.9. The molecule has 10 heteroatoms. The summed E-state index contributed by atoms with van der Waals surface area (Å²) in [6.45, 7) is 6.91. The lowest BCUT2D eigenvalue weighted by Gasteiger charge is -2.13. The zero-order valence-corrected chi connectivity index (χ0v) is 18.3. The number of anilines is 1. The summed E-state index contributed by atoms with van der Waals surface area (Å²) >= 11 is 6.13. The van der Waals surface area contributed by atoms with Crippen LogP contribution in [0.25, 0.3) is 11.5 Å². The lowest BCUT2D eigenvalue weighted by atomic mass is 10.1. The van der Waals surface area contributed by atoms with Crippen LogP contribution in [0.2, 0.25) is 5.02 Å². The lowest BCUT2D eigenvalue weighted by molar-refractivity contribution is 0.0954. The molecular formula is C21H23ClN8O. The number of aromatic nitrogens is 6. The molecule has 4 rings (SSSR count). The Hall–Kier alpha value is -3.46. The van der Waals surface area contributed by atoms with Gasteiger partial charge in [-0.2, -0.15) is 19.7 Å². The predicted molar refractivity (Wildman–Crippen MR) is 119 cm³/mol. The SMILES string of the molecule is Cc1cc(NCCNC(=O)c2cnn(-c3cccc(Cl)c3)c2C(C)C)n2ncnc2n1. The monoisotopic (exact) mass is 438 g/mol. The zero-order chi connectivity index (χ0) is 22.0. The average molecular weight is 439 g/mol. The fraction of sp³-hybridized carbons (Fsp3) is 0.286. The lowest BCUT2D eigenvalue weighted by Crippen LogP contribution is -2.30. The van der Waals surface area contributed by atoms with Crippen LogP contribution in [0.3, 0.4) is 0 Å². The number of hydrogen-bond acceptors (Lipinski definition) is 6. The van der Waals surface area contributed by atoms with Gasteiger partial charge in [-0.1, -0.05) is 31.5 Å². The van der Waals surface area contributed by atoms with E-state index < -0.39 is 0 Å².